The molecule has 43 heavy (non-hydrogen) atoms. The van der Waals surface area contributed by atoms with Gasteiger partial charge in [0, 0.05) is 37.0 Å². The number of amides is 3. The molecule has 0 bridgehead atoms. The van der Waals surface area contributed by atoms with E-state index in [1.165, 1.54) is 6.20 Å². The Morgan fingerprint density at radius 2 is 1.74 bits per heavy atom. The van der Waals surface area contributed by atoms with E-state index in [0.717, 1.165) is 31.6 Å². The third-order valence-electron chi connectivity index (χ3n) is 6.80. The fraction of sp³-hybridized carbons (Fsp3) is 0.375. The quantitative estimate of drug-likeness (QED) is 0.177. The highest BCUT2D eigenvalue weighted by Gasteiger charge is 2.26. The zero-order valence-electron chi connectivity index (χ0n) is 24.9. The molecule has 4 rings (SSSR count). The van der Waals surface area contributed by atoms with E-state index in [4.69, 9.17) is 21.1 Å². The molecule has 0 radical (unpaired) electrons. The molecule has 0 aliphatic carbocycles. The van der Waals surface area contributed by atoms with Gasteiger partial charge >= 0.3 is 0 Å². The second-order valence-corrected chi connectivity index (χ2v) is 11.9. The number of halogens is 1. The topological polar surface area (TPSA) is 122 Å². The minimum atomic E-state index is -0.586. The molecule has 1 aromatic heterocycles. The molecule has 2 aromatic carbocycles. The van der Waals surface area contributed by atoms with E-state index in [1.54, 1.807) is 42.5 Å². The number of ether oxygens (including phenoxy) is 2. The van der Waals surface area contributed by atoms with Gasteiger partial charge in [-0.25, -0.2) is 4.98 Å². The number of benzene rings is 2. The number of nitrogens with one attached hydrogen (secondary N) is 3. The number of nitrogens with zero attached hydrogens (tertiary/aromatic N) is 2. The van der Waals surface area contributed by atoms with E-state index in [2.05, 4.69) is 25.8 Å². The number of hydrogen-bond donors (Lipinski definition) is 3. The van der Waals surface area contributed by atoms with Crippen molar-refractivity contribution in [3.05, 3.63) is 76.9 Å². The number of para-hydroxylation sites is 1. The molecule has 10 nitrogen and oxygen atoms in total. The summed E-state index contributed by atoms with van der Waals surface area (Å²) in [4.78, 5) is 44.4. The Hall–Kier alpha value is -4.15. The van der Waals surface area contributed by atoms with E-state index in [9.17, 15) is 14.4 Å². The molecular formula is C32H38ClN5O5. The van der Waals surface area contributed by atoms with Crippen molar-refractivity contribution in [3.8, 4) is 5.75 Å². The maximum absolute atomic E-state index is 13.7. The molecule has 3 aromatic rings. The van der Waals surface area contributed by atoms with Gasteiger partial charge in [0.25, 0.3) is 11.8 Å². The van der Waals surface area contributed by atoms with Crippen molar-refractivity contribution >= 4 is 47.0 Å². The number of anilines is 3. The first kappa shape index (κ1) is 31.8. The molecule has 0 spiro atoms. The summed E-state index contributed by atoms with van der Waals surface area (Å²) in [5.41, 5.74) is 1.37. The lowest BCUT2D eigenvalue weighted by molar-refractivity contribution is -0.127. The monoisotopic (exact) mass is 607 g/mol. The number of rotatable bonds is 12. The summed E-state index contributed by atoms with van der Waals surface area (Å²) >= 11 is 5.90. The maximum Gasteiger partial charge on any atom is 0.259 e. The molecule has 1 saturated heterocycles. The molecule has 1 aliphatic rings. The van der Waals surface area contributed by atoms with Gasteiger partial charge in [-0.1, -0.05) is 30.7 Å². The lowest BCUT2D eigenvalue weighted by Crippen LogP contribution is -2.43. The number of hydrogen-bond acceptors (Lipinski definition) is 7. The second kappa shape index (κ2) is 14.3. The first-order valence-corrected chi connectivity index (χ1v) is 14.6. The Bertz CT molecular complexity index is 1420. The lowest BCUT2D eigenvalue weighted by Gasteiger charge is -2.31. The Labute approximate surface area is 257 Å². The summed E-state index contributed by atoms with van der Waals surface area (Å²) in [6.45, 7) is 9.66. The van der Waals surface area contributed by atoms with Crippen LogP contribution in [-0.2, 0) is 9.53 Å². The van der Waals surface area contributed by atoms with Crippen LogP contribution in [0.3, 0.4) is 0 Å². The molecule has 2 heterocycles. The van der Waals surface area contributed by atoms with Gasteiger partial charge in [-0.3, -0.25) is 14.4 Å². The summed E-state index contributed by atoms with van der Waals surface area (Å²) in [6, 6.07) is 15.4. The molecule has 11 heteroatoms. The maximum atomic E-state index is 13.7. The highest BCUT2D eigenvalue weighted by Crippen LogP contribution is 2.30. The molecule has 2 atom stereocenters. The summed E-state index contributed by atoms with van der Waals surface area (Å²) in [6.07, 6.45) is 3.66. The summed E-state index contributed by atoms with van der Waals surface area (Å²) in [5.74, 6) is -0.388. The van der Waals surface area contributed by atoms with Crippen LogP contribution >= 0.6 is 11.6 Å². The van der Waals surface area contributed by atoms with E-state index in [0.29, 0.717) is 34.3 Å². The minimum Gasteiger partial charge on any atom is -0.492 e. The average Bonchev–Trinajstić information content (AvgIpc) is 3.51. The summed E-state index contributed by atoms with van der Waals surface area (Å²) < 4.78 is 12.3. The molecule has 1 aliphatic heterocycles. The predicted molar refractivity (Wildman–Crippen MR) is 168 cm³/mol. The standard InChI is InChI=1S/C32H38ClN5O5/c1-21(31(35-20-39)43-32(2,3)4)19-42-27-17-23(38-15-7-8-16-38)12-13-25(27)30(41)36-26-10-6-5-9-24(26)29(40)37-28-14-11-22(33)18-34-28/h5-6,9-14,17-18,20-21,31H,7-8,15-16,19H2,1-4H3,(H,35,39)(H,36,41)(H,34,37,40). The van der Waals surface area contributed by atoms with Crippen molar-refractivity contribution in [3.63, 3.8) is 0 Å². The average molecular weight is 608 g/mol. The molecular weight excluding hydrogens is 570 g/mol. The molecule has 2 unspecified atom stereocenters. The van der Waals surface area contributed by atoms with Gasteiger partial charge in [-0.05, 0) is 70.0 Å². The van der Waals surface area contributed by atoms with Crippen molar-refractivity contribution < 1.29 is 23.9 Å². The third kappa shape index (κ3) is 8.92. The van der Waals surface area contributed by atoms with Crippen LogP contribution < -0.4 is 25.6 Å². The predicted octanol–water partition coefficient (Wildman–Crippen LogP) is 5.74. The number of carbonyl (C=O) groups excluding carboxylic acids is 3. The normalized spacial score (nSPS) is 14.5. The highest BCUT2D eigenvalue weighted by molar-refractivity contribution is 6.30. The van der Waals surface area contributed by atoms with Crippen molar-refractivity contribution in [1.29, 1.82) is 0 Å². The van der Waals surface area contributed by atoms with Crippen LogP contribution in [-0.4, -0.2) is 54.7 Å². The molecule has 1 fully saturated rings. The van der Waals surface area contributed by atoms with Crippen LogP contribution in [0, 0.1) is 5.92 Å². The van der Waals surface area contributed by atoms with E-state index in [1.807, 2.05) is 39.8 Å². The fourth-order valence-corrected chi connectivity index (χ4v) is 4.79. The van der Waals surface area contributed by atoms with Crippen LogP contribution in [0.5, 0.6) is 5.75 Å². The lowest BCUT2D eigenvalue weighted by atomic mass is 10.1. The van der Waals surface area contributed by atoms with Gasteiger partial charge in [-0.2, -0.15) is 0 Å². The van der Waals surface area contributed by atoms with Crippen LogP contribution in [0.15, 0.2) is 60.8 Å². The Morgan fingerprint density at radius 3 is 2.42 bits per heavy atom. The van der Waals surface area contributed by atoms with Gasteiger partial charge < -0.3 is 30.3 Å². The van der Waals surface area contributed by atoms with Crippen molar-refractivity contribution in [1.82, 2.24) is 10.3 Å². The van der Waals surface area contributed by atoms with Crippen molar-refractivity contribution in [2.24, 2.45) is 5.92 Å². The van der Waals surface area contributed by atoms with E-state index >= 15 is 0 Å². The fourth-order valence-electron chi connectivity index (χ4n) is 4.67. The van der Waals surface area contributed by atoms with Gasteiger partial charge in [0.05, 0.1) is 34.0 Å². The first-order chi connectivity index (χ1) is 20.5. The summed E-state index contributed by atoms with van der Waals surface area (Å²) in [7, 11) is 0. The van der Waals surface area contributed by atoms with Crippen LogP contribution in [0.1, 0.15) is 61.3 Å². The Balaban J connectivity index is 1.56. The SMILES string of the molecule is CC(COc1cc(N2CCCC2)ccc1C(=O)Nc1ccccc1C(=O)Nc1ccc(Cl)cn1)C(NC=O)OC(C)(C)C. The van der Waals surface area contributed by atoms with E-state index < -0.39 is 23.6 Å². The van der Waals surface area contributed by atoms with Gasteiger partial charge in [0.15, 0.2) is 0 Å². The molecule has 0 saturated carbocycles. The first-order valence-electron chi connectivity index (χ1n) is 14.3. The van der Waals surface area contributed by atoms with Crippen molar-refractivity contribution in [2.75, 3.05) is 35.2 Å². The van der Waals surface area contributed by atoms with Gasteiger partial charge in [0.1, 0.15) is 17.8 Å². The van der Waals surface area contributed by atoms with Crippen LogP contribution in [0.25, 0.3) is 0 Å². The number of carbonyl (C=O) groups is 3. The molecule has 3 amide bonds. The Morgan fingerprint density at radius 1 is 1.02 bits per heavy atom. The highest BCUT2D eigenvalue weighted by atomic mass is 35.5. The van der Waals surface area contributed by atoms with E-state index in [-0.39, 0.29) is 18.1 Å². The molecule has 3 N–H and O–H groups in total. The largest absolute Gasteiger partial charge is 0.492 e. The number of aromatic nitrogens is 1. The van der Waals surface area contributed by atoms with Crippen molar-refractivity contribution in [2.45, 2.75) is 52.4 Å². The minimum absolute atomic E-state index is 0.179. The van der Waals surface area contributed by atoms with Gasteiger partial charge in [-0.15, -0.1) is 0 Å². The zero-order chi connectivity index (χ0) is 31.0. The summed E-state index contributed by atoms with van der Waals surface area (Å²) in [5, 5.41) is 8.77. The molecule has 228 valence electrons. The number of pyridine rings is 1. The Kier molecular flexibility index (Phi) is 10.6. The second-order valence-electron chi connectivity index (χ2n) is 11.4. The zero-order valence-corrected chi connectivity index (χ0v) is 25.6. The van der Waals surface area contributed by atoms with Crippen LogP contribution in [0.2, 0.25) is 5.02 Å². The van der Waals surface area contributed by atoms with Gasteiger partial charge in [0.2, 0.25) is 6.41 Å². The third-order valence-corrected chi connectivity index (χ3v) is 7.02. The smallest absolute Gasteiger partial charge is 0.259 e. The van der Waals surface area contributed by atoms with Crippen LogP contribution in [0.4, 0.5) is 17.2 Å².